The molecule has 4 heteroatoms. The van der Waals surface area contributed by atoms with Crippen LogP contribution in [0.15, 0.2) is 176 Å². The second-order valence-corrected chi connectivity index (χ2v) is 13.1. The summed E-state index contributed by atoms with van der Waals surface area (Å²) < 4.78 is 0. The summed E-state index contributed by atoms with van der Waals surface area (Å²) in [6, 6.07) is 59.0. The van der Waals surface area contributed by atoms with Crippen LogP contribution < -0.4 is 5.19 Å². The molecule has 0 amide bonds. The Kier molecular flexibility index (Phi) is 7.73. The van der Waals surface area contributed by atoms with Gasteiger partial charge in [0.2, 0.25) is 0 Å². The van der Waals surface area contributed by atoms with E-state index in [1.54, 1.807) is 12.7 Å². The van der Waals surface area contributed by atoms with Gasteiger partial charge in [-0.15, -0.1) is 0 Å². The lowest BCUT2D eigenvalue weighted by molar-refractivity contribution is 0.869. The van der Waals surface area contributed by atoms with Crippen LogP contribution in [0.5, 0.6) is 0 Å². The van der Waals surface area contributed by atoms with Gasteiger partial charge in [-0.3, -0.25) is 0 Å². The molecule has 1 aromatic heterocycles. The minimum absolute atomic E-state index is 0.352. The summed E-state index contributed by atoms with van der Waals surface area (Å²) in [5.74, 6) is 0.698. The lowest BCUT2D eigenvalue weighted by atomic mass is 9.84. The van der Waals surface area contributed by atoms with Gasteiger partial charge in [-0.25, -0.2) is 15.0 Å². The fraction of sp³-hybridized carbons (Fsp3) is 0.0250. The molecular weight excluding hydrogens is 551 g/mol. The molecule has 1 heterocycles. The van der Waals surface area contributed by atoms with Crippen LogP contribution in [0.3, 0.4) is 0 Å². The maximum atomic E-state index is 4.75. The second-order valence-electron chi connectivity index (χ2n) is 10.9. The highest BCUT2D eigenvalue weighted by atomic mass is 28.2. The summed E-state index contributed by atoms with van der Waals surface area (Å²) in [5, 5.41) is 0.947. The molecule has 3 nitrogen and oxygen atoms in total. The van der Waals surface area contributed by atoms with Crippen molar-refractivity contribution < 1.29 is 0 Å². The summed E-state index contributed by atoms with van der Waals surface area (Å²) >= 11 is 0. The first-order chi connectivity index (χ1) is 21.8. The Morgan fingerprint density at radius 1 is 0.432 bits per heavy atom. The van der Waals surface area contributed by atoms with Gasteiger partial charge in [0.05, 0.1) is 9.52 Å². The third kappa shape index (κ3) is 5.28. The molecular formula is C40H31N3Si. The first-order valence-corrected chi connectivity index (χ1v) is 16.3. The quantitative estimate of drug-likeness (QED) is 0.137. The van der Waals surface area contributed by atoms with Crippen molar-refractivity contribution in [2.45, 2.75) is 5.04 Å². The smallest absolute Gasteiger partial charge is 0.163 e. The van der Waals surface area contributed by atoms with Crippen molar-refractivity contribution >= 4 is 14.7 Å². The van der Waals surface area contributed by atoms with Gasteiger partial charge in [-0.2, -0.15) is 0 Å². The highest BCUT2D eigenvalue weighted by Crippen LogP contribution is 2.40. The second kappa shape index (κ2) is 12.4. The molecule has 0 atom stereocenters. The summed E-state index contributed by atoms with van der Waals surface area (Å²) in [6.45, 7) is 0. The molecule has 0 spiro atoms. The van der Waals surface area contributed by atoms with Crippen LogP contribution in [0.4, 0.5) is 0 Å². The normalized spacial score (nSPS) is 11.5. The van der Waals surface area contributed by atoms with Gasteiger partial charge in [-0.05, 0) is 45.0 Å². The molecule has 0 aliphatic rings. The van der Waals surface area contributed by atoms with Crippen molar-refractivity contribution in [1.82, 2.24) is 15.0 Å². The van der Waals surface area contributed by atoms with E-state index in [0.29, 0.717) is 5.82 Å². The maximum absolute atomic E-state index is 4.75. The van der Waals surface area contributed by atoms with Crippen molar-refractivity contribution in [3.05, 3.63) is 193 Å². The molecule has 0 fully saturated rings. The summed E-state index contributed by atoms with van der Waals surface area (Å²) in [4.78, 5) is 13.7. The predicted octanol–water partition coefficient (Wildman–Crippen LogP) is 7.66. The standard InChI is InChI=1S/C40H31N3Si/c1-6-16-30(17-7-1)32-26-36(31-18-8-2-9-19-31)38(39-42-28-41-29-43-39)37(27-32)44-40(33-20-10-3-11-21-33,34-22-12-4-13-23-34)35-24-14-5-15-25-35/h1-29H,44H2. The molecule has 0 saturated carbocycles. The lowest BCUT2D eigenvalue weighted by Gasteiger charge is -2.37. The summed E-state index contributed by atoms with van der Waals surface area (Å²) in [5.41, 5.74) is 9.59. The van der Waals surface area contributed by atoms with Crippen molar-refractivity contribution in [2.75, 3.05) is 0 Å². The van der Waals surface area contributed by atoms with E-state index in [9.17, 15) is 0 Å². The Labute approximate surface area is 260 Å². The average molecular weight is 582 g/mol. The van der Waals surface area contributed by atoms with E-state index >= 15 is 0 Å². The fourth-order valence-electron chi connectivity index (χ4n) is 6.38. The van der Waals surface area contributed by atoms with Crippen LogP contribution in [0.1, 0.15) is 16.7 Å². The van der Waals surface area contributed by atoms with Crippen LogP contribution in [0.25, 0.3) is 33.6 Å². The van der Waals surface area contributed by atoms with E-state index in [1.807, 2.05) is 0 Å². The molecule has 0 aliphatic heterocycles. The maximum Gasteiger partial charge on any atom is 0.163 e. The highest BCUT2D eigenvalue weighted by Gasteiger charge is 2.38. The highest BCUT2D eigenvalue weighted by molar-refractivity contribution is 6.61. The monoisotopic (exact) mass is 581 g/mol. The van der Waals surface area contributed by atoms with Gasteiger partial charge < -0.3 is 0 Å². The molecule has 0 aliphatic carbocycles. The molecule has 7 aromatic rings. The fourth-order valence-corrected chi connectivity index (χ4v) is 9.11. The van der Waals surface area contributed by atoms with Crippen molar-refractivity contribution in [3.63, 3.8) is 0 Å². The van der Waals surface area contributed by atoms with Crippen LogP contribution in [-0.2, 0) is 5.04 Å². The zero-order valence-electron chi connectivity index (χ0n) is 24.3. The molecule has 0 unspecified atom stereocenters. The van der Waals surface area contributed by atoms with Crippen LogP contribution in [-0.4, -0.2) is 24.5 Å². The molecule has 0 radical (unpaired) electrons. The third-order valence-corrected chi connectivity index (χ3v) is 11.1. The van der Waals surface area contributed by atoms with Gasteiger partial charge in [0.15, 0.2) is 5.82 Å². The Hall–Kier alpha value is -5.45. The number of rotatable bonds is 8. The number of benzene rings is 6. The van der Waals surface area contributed by atoms with E-state index < -0.39 is 9.52 Å². The largest absolute Gasteiger partial charge is 0.225 e. The van der Waals surface area contributed by atoms with E-state index in [4.69, 9.17) is 9.97 Å². The summed E-state index contributed by atoms with van der Waals surface area (Å²) in [7, 11) is -1.22. The van der Waals surface area contributed by atoms with E-state index in [0.717, 1.165) is 16.7 Å². The number of hydrogen-bond acceptors (Lipinski definition) is 3. The van der Waals surface area contributed by atoms with Crippen LogP contribution in [0.2, 0.25) is 0 Å². The minimum atomic E-state index is -1.22. The zero-order valence-corrected chi connectivity index (χ0v) is 25.7. The lowest BCUT2D eigenvalue weighted by Crippen LogP contribution is -2.43. The summed E-state index contributed by atoms with van der Waals surface area (Å²) in [6.07, 6.45) is 3.21. The van der Waals surface area contributed by atoms with Gasteiger partial charge in [0.25, 0.3) is 0 Å². The van der Waals surface area contributed by atoms with Crippen molar-refractivity contribution in [3.8, 4) is 33.6 Å². The van der Waals surface area contributed by atoms with Crippen molar-refractivity contribution in [1.29, 1.82) is 0 Å². The number of aromatic nitrogens is 3. The Morgan fingerprint density at radius 3 is 1.34 bits per heavy atom. The molecule has 7 rings (SSSR count). The van der Waals surface area contributed by atoms with Gasteiger partial charge in [0, 0.05) is 10.6 Å². The van der Waals surface area contributed by atoms with Crippen LogP contribution >= 0.6 is 0 Å². The van der Waals surface area contributed by atoms with Gasteiger partial charge in [-0.1, -0.05) is 163 Å². The Morgan fingerprint density at radius 2 is 0.864 bits per heavy atom. The molecule has 44 heavy (non-hydrogen) atoms. The van der Waals surface area contributed by atoms with Gasteiger partial charge >= 0.3 is 0 Å². The Bertz CT molecular complexity index is 1850. The topological polar surface area (TPSA) is 38.7 Å². The molecule has 210 valence electrons. The minimum Gasteiger partial charge on any atom is -0.225 e. The average Bonchev–Trinajstić information content (AvgIpc) is 3.12. The van der Waals surface area contributed by atoms with Crippen molar-refractivity contribution in [2.24, 2.45) is 0 Å². The third-order valence-electron chi connectivity index (χ3n) is 8.38. The predicted molar refractivity (Wildman–Crippen MR) is 184 cm³/mol. The van der Waals surface area contributed by atoms with E-state index in [-0.39, 0.29) is 5.04 Å². The SMILES string of the molecule is c1ccc(-c2cc([SiH2]C(c3ccccc3)(c3ccccc3)c3ccccc3)c(-c3ncncn3)c(-c3ccccc3)c2)cc1. The van der Waals surface area contributed by atoms with E-state index in [1.165, 1.54) is 33.0 Å². The van der Waals surface area contributed by atoms with Gasteiger partial charge in [0.1, 0.15) is 12.7 Å². The first-order valence-electron chi connectivity index (χ1n) is 14.9. The molecule has 0 bridgehead atoms. The van der Waals surface area contributed by atoms with E-state index in [2.05, 4.69) is 169 Å². The van der Waals surface area contributed by atoms with Crippen LogP contribution in [0, 0.1) is 0 Å². The molecule has 0 saturated heterocycles. The first kappa shape index (κ1) is 27.4. The molecule has 0 N–H and O–H groups in total. The zero-order chi connectivity index (χ0) is 29.6. The molecule has 6 aromatic carbocycles. The Balaban J connectivity index is 1.59. The number of hydrogen-bond donors (Lipinski definition) is 0. The number of nitrogens with zero attached hydrogens (tertiary/aromatic N) is 3.